The van der Waals surface area contributed by atoms with Gasteiger partial charge in [-0.3, -0.25) is 9.36 Å². The second-order valence-corrected chi connectivity index (χ2v) is 5.63. The van der Waals surface area contributed by atoms with Gasteiger partial charge in [0.2, 0.25) is 0 Å². The van der Waals surface area contributed by atoms with Gasteiger partial charge in [0.05, 0.1) is 27.0 Å². The third-order valence-electron chi connectivity index (χ3n) is 3.18. The number of nitrogens with two attached hydrogens (primary N) is 1. The SMILES string of the molecule is COCCCn1c(C(C)N)nc2c(Cl)ccc(Cl)c2c1=O. The molecule has 0 bridgehead atoms. The zero-order chi connectivity index (χ0) is 15.6. The quantitative estimate of drug-likeness (QED) is 0.856. The van der Waals surface area contributed by atoms with Gasteiger partial charge in [0, 0.05) is 20.3 Å². The molecule has 0 aliphatic rings. The number of hydrogen-bond donors (Lipinski definition) is 1. The van der Waals surface area contributed by atoms with Gasteiger partial charge in [0.1, 0.15) is 5.82 Å². The van der Waals surface area contributed by atoms with Crippen LogP contribution >= 0.6 is 23.2 Å². The maximum Gasteiger partial charge on any atom is 0.263 e. The summed E-state index contributed by atoms with van der Waals surface area (Å²) in [7, 11) is 1.62. The molecule has 2 rings (SSSR count). The van der Waals surface area contributed by atoms with Crippen LogP contribution in [0.3, 0.4) is 0 Å². The summed E-state index contributed by atoms with van der Waals surface area (Å²) in [6.07, 6.45) is 0.682. The zero-order valence-corrected chi connectivity index (χ0v) is 13.4. The lowest BCUT2D eigenvalue weighted by molar-refractivity contribution is 0.189. The minimum Gasteiger partial charge on any atom is -0.385 e. The number of benzene rings is 1. The number of halogens is 2. The Labute approximate surface area is 132 Å². The van der Waals surface area contributed by atoms with E-state index in [4.69, 9.17) is 33.7 Å². The van der Waals surface area contributed by atoms with Gasteiger partial charge < -0.3 is 10.5 Å². The molecule has 21 heavy (non-hydrogen) atoms. The molecule has 1 aromatic heterocycles. The molecule has 0 aliphatic heterocycles. The highest BCUT2D eigenvalue weighted by molar-refractivity contribution is 6.39. The van der Waals surface area contributed by atoms with Crippen molar-refractivity contribution >= 4 is 34.1 Å². The lowest BCUT2D eigenvalue weighted by Gasteiger charge is -2.16. The van der Waals surface area contributed by atoms with Gasteiger partial charge in [-0.15, -0.1) is 0 Å². The molecule has 1 atom stereocenters. The average molecular weight is 330 g/mol. The van der Waals surface area contributed by atoms with Crippen LogP contribution < -0.4 is 11.3 Å². The molecule has 2 N–H and O–H groups in total. The summed E-state index contributed by atoms with van der Waals surface area (Å²) in [5.74, 6) is 0.493. The smallest absolute Gasteiger partial charge is 0.263 e. The Kier molecular flexibility index (Phi) is 5.22. The van der Waals surface area contributed by atoms with Crippen molar-refractivity contribution in [2.45, 2.75) is 25.9 Å². The molecule has 7 heteroatoms. The van der Waals surface area contributed by atoms with Gasteiger partial charge in [-0.25, -0.2) is 4.98 Å². The Morgan fingerprint density at radius 1 is 1.38 bits per heavy atom. The minimum absolute atomic E-state index is 0.226. The predicted octanol–water partition coefficient (Wildman–Crippen LogP) is 2.76. The first-order valence-corrected chi connectivity index (χ1v) is 7.36. The normalized spacial score (nSPS) is 12.8. The number of methoxy groups -OCH3 is 1. The minimum atomic E-state index is -0.389. The summed E-state index contributed by atoms with van der Waals surface area (Å²) in [5, 5.41) is 1.05. The Balaban J connectivity index is 2.70. The molecule has 1 unspecified atom stereocenters. The summed E-state index contributed by atoms with van der Waals surface area (Å²) < 4.78 is 6.57. The van der Waals surface area contributed by atoms with E-state index in [-0.39, 0.29) is 11.6 Å². The first kappa shape index (κ1) is 16.2. The van der Waals surface area contributed by atoms with Gasteiger partial charge in [0.15, 0.2) is 0 Å². The van der Waals surface area contributed by atoms with Crippen molar-refractivity contribution in [3.05, 3.63) is 38.4 Å². The Morgan fingerprint density at radius 3 is 2.67 bits per heavy atom. The standard InChI is InChI=1S/C14H17Cl2N3O2/c1-8(17)13-18-12-10(16)5-4-9(15)11(12)14(20)19(13)6-3-7-21-2/h4-5,8H,3,6-7,17H2,1-2H3. The van der Waals surface area contributed by atoms with E-state index in [1.807, 2.05) is 0 Å². The molecule has 0 spiro atoms. The highest BCUT2D eigenvalue weighted by atomic mass is 35.5. The molecule has 0 saturated carbocycles. The zero-order valence-electron chi connectivity index (χ0n) is 11.9. The van der Waals surface area contributed by atoms with Crippen molar-refractivity contribution in [3.8, 4) is 0 Å². The van der Waals surface area contributed by atoms with Gasteiger partial charge in [-0.2, -0.15) is 0 Å². The molecule has 0 amide bonds. The molecule has 1 aromatic carbocycles. The predicted molar refractivity (Wildman–Crippen MR) is 85.1 cm³/mol. The molecule has 0 fully saturated rings. The fourth-order valence-electron chi connectivity index (χ4n) is 2.20. The number of aromatic nitrogens is 2. The van der Waals surface area contributed by atoms with E-state index in [2.05, 4.69) is 4.98 Å². The highest BCUT2D eigenvalue weighted by Crippen LogP contribution is 2.26. The maximum atomic E-state index is 12.7. The molecule has 2 aromatic rings. The van der Waals surface area contributed by atoms with Crippen molar-refractivity contribution in [1.82, 2.24) is 9.55 Å². The maximum absolute atomic E-state index is 12.7. The average Bonchev–Trinajstić information content (AvgIpc) is 2.44. The van der Waals surface area contributed by atoms with Crippen LogP contribution in [-0.4, -0.2) is 23.3 Å². The summed E-state index contributed by atoms with van der Waals surface area (Å²) in [6.45, 7) is 2.79. The molecule has 0 saturated heterocycles. The van der Waals surface area contributed by atoms with Crippen LogP contribution in [-0.2, 0) is 11.3 Å². The van der Waals surface area contributed by atoms with E-state index in [1.54, 1.807) is 30.7 Å². The fraction of sp³-hybridized carbons (Fsp3) is 0.429. The van der Waals surface area contributed by atoms with E-state index < -0.39 is 0 Å². The summed E-state index contributed by atoms with van der Waals surface area (Å²) >= 11 is 12.3. The molecule has 0 aliphatic carbocycles. The largest absolute Gasteiger partial charge is 0.385 e. The van der Waals surface area contributed by atoms with Crippen LogP contribution in [0, 0.1) is 0 Å². The van der Waals surface area contributed by atoms with E-state index in [1.165, 1.54) is 0 Å². The second kappa shape index (κ2) is 6.75. The summed E-state index contributed by atoms with van der Waals surface area (Å²) in [5.41, 5.74) is 6.10. The Bertz CT molecular complexity index is 713. The van der Waals surface area contributed by atoms with Crippen LogP contribution in [0.4, 0.5) is 0 Å². The monoisotopic (exact) mass is 329 g/mol. The molecule has 114 valence electrons. The lowest BCUT2D eigenvalue weighted by atomic mass is 10.2. The topological polar surface area (TPSA) is 70.1 Å². The first-order chi connectivity index (χ1) is 9.97. The van der Waals surface area contributed by atoms with E-state index >= 15 is 0 Å². The van der Waals surface area contributed by atoms with Crippen molar-refractivity contribution in [1.29, 1.82) is 0 Å². The summed E-state index contributed by atoms with van der Waals surface area (Å²) in [6, 6.07) is 2.83. The fourth-order valence-corrected chi connectivity index (χ4v) is 2.63. The number of nitrogens with zero attached hydrogens (tertiary/aromatic N) is 2. The van der Waals surface area contributed by atoms with Gasteiger partial charge in [0.25, 0.3) is 5.56 Å². The van der Waals surface area contributed by atoms with Gasteiger partial charge in [-0.1, -0.05) is 23.2 Å². The van der Waals surface area contributed by atoms with Crippen LogP contribution in [0.2, 0.25) is 10.0 Å². The van der Waals surface area contributed by atoms with Gasteiger partial charge >= 0.3 is 0 Å². The van der Waals surface area contributed by atoms with Crippen molar-refractivity contribution in [2.75, 3.05) is 13.7 Å². The summed E-state index contributed by atoms with van der Waals surface area (Å²) in [4.78, 5) is 17.2. The number of rotatable bonds is 5. The van der Waals surface area contributed by atoms with Gasteiger partial charge in [-0.05, 0) is 25.5 Å². The molecular weight excluding hydrogens is 313 g/mol. The van der Waals surface area contributed by atoms with E-state index in [9.17, 15) is 4.79 Å². The van der Waals surface area contributed by atoms with Crippen molar-refractivity contribution in [3.63, 3.8) is 0 Å². The highest BCUT2D eigenvalue weighted by Gasteiger charge is 2.17. The third kappa shape index (κ3) is 3.21. The van der Waals surface area contributed by atoms with Crippen LogP contribution in [0.5, 0.6) is 0 Å². The number of ether oxygens (including phenoxy) is 1. The molecule has 1 heterocycles. The number of hydrogen-bond acceptors (Lipinski definition) is 4. The first-order valence-electron chi connectivity index (χ1n) is 6.60. The van der Waals surface area contributed by atoms with Crippen LogP contribution in [0.15, 0.2) is 16.9 Å². The number of fused-ring (bicyclic) bond motifs is 1. The molecule has 0 radical (unpaired) electrons. The third-order valence-corrected chi connectivity index (χ3v) is 3.80. The molecule has 5 nitrogen and oxygen atoms in total. The Hall–Kier alpha value is -1.14. The van der Waals surface area contributed by atoms with E-state index in [0.29, 0.717) is 46.3 Å². The second-order valence-electron chi connectivity index (χ2n) is 4.81. The Morgan fingerprint density at radius 2 is 2.05 bits per heavy atom. The van der Waals surface area contributed by atoms with Crippen LogP contribution in [0.1, 0.15) is 25.2 Å². The molecular formula is C14H17Cl2N3O2. The van der Waals surface area contributed by atoms with Crippen molar-refractivity contribution in [2.24, 2.45) is 5.73 Å². The lowest BCUT2D eigenvalue weighted by Crippen LogP contribution is -2.29. The van der Waals surface area contributed by atoms with Crippen LogP contribution in [0.25, 0.3) is 10.9 Å². The van der Waals surface area contributed by atoms with Crippen molar-refractivity contribution < 1.29 is 4.74 Å². The van der Waals surface area contributed by atoms with E-state index in [0.717, 1.165) is 0 Å².